The van der Waals surface area contributed by atoms with Crippen molar-refractivity contribution in [3.05, 3.63) is 45.6 Å². The van der Waals surface area contributed by atoms with Crippen molar-refractivity contribution in [3.63, 3.8) is 0 Å². The first kappa shape index (κ1) is 19.2. The fraction of sp³-hybridized carbons (Fsp3) is 0.500. The first-order valence-electron chi connectivity index (χ1n) is 9.00. The summed E-state index contributed by atoms with van der Waals surface area (Å²) in [6.45, 7) is 7.41. The summed E-state index contributed by atoms with van der Waals surface area (Å²) in [5.41, 5.74) is 2.59. The predicted molar refractivity (Wildman–Crippen MR) is 105 cm³/mol. The van der Waals surface area contributed by atoms with Crippen molar-refractivity contribution in [3.8, 4) is 11.5 Å². The SMILES string of the molecule is COc1ccc(C(CNCc2sccc2C)N2CCOCC2)cc1OC. The van der Waals surface area contributed by atoms with Crippen LogP contribution in [0.5, 0.6) is 11.5 Å². The minimum Gasteiger partial charge on any atom is -0.493 e. The summed E-state index contributed by atoms with van der Waals surface area (Å²) < 4.78 is 16.4. The van der Waals surface area contributed by atoms with Crippen LogP contribution in [0.4, 0.5) is 0 Å². The molecule has 1 fully saturated rings. The van der Waals surface area contributed by atoms with Gasteiger partial charge >= 0.3 is 0 Å². The number of ether oxygens (including phenoxy) is 3. The number of nitrogens with one attached hydrogen (secondary N) is 1. The van der Waals surface area contributed by atoms with Crippen LogP contribution >= 0.6 is 11.3 Å². The first-order valence-corrected chi connectivity index (χ1v) is 9.88. The Morgan fingerprint density at radius 1 is 1.15 bits per heavy atom. The summed E-state index contributed by atoms with van der Waals surface area (Å²) in [6, 6.07) is 8.68. The Bertz CT molecular complexity index is 698. The van der Waals surface area contributed by atoms with Crippen LogP contribution in [0.3, 0.4) is 0 Å². The molecule has 0 bridgehead atoms. The number of hydrogen-bond donors (Lipinski definition) is 1. The highest BCUT2D eigenvalue weighted by molar-refractivity contribution is 7.10. The Morgan fingerprint density at radius 3 is 2.58 bits per heavy atom. The van der Waals surface area contributed by atoms with E-state index in [1.807, 2.05) is 17.4 Å². The lowest BCUT2D eigenvalue weighted by Gasteiger charge is -2.35. The van der Waals surface area contributed by atoms with Crippen molar-refractivity contribution in [2.75, 3.05) is 47.1 Å². The maximum Gasteiger partial charge on any atom is 0.161 e. The van der Waals surface area contributed by atoms with Gasteiger partial charge in [-0.25, -0.2) is 0 Å². The van der Waals surface area contributed by atoms with Crippen molar-refractivity contribution in [2.24, 2.45) is 0 Å². The van der Waals surface area contributed by atoms with Gasteiger partial charge in [0.1, 0.15) is 0 Å². The zero-order valence-corrected chi connectivity index (χ0v) is 16.6. The Labute approximate surface area is 159 Å². The Kier molecular flexibility index (Phi) is 6.91. The number of benzene rings is 1. The van der Waals surface area contributed by atoms with Crippen LogP contribution in [0.15, 0.2) is 29.6 Å². The Hall–Kier alpha value is -1.60. The molecule has 1 aliphatic heterocycles. The molecule has 1 aromatic carbocycles. The standard InChI is InChI=1S/C20H28N2O3S/c1-15-6-11-26-20(15)14-21-13-17(22-7-9-25-10-8-22)16-4-5-18(23-2)19(12-16)24-3/h4-6,11-12,17,21H,7-10,13-14H2,1-3H3. The van der Waals surface area contributed by atoms with Crippen LogP contribution in [-0.4, -0.2) is 52.0 Å². The number of methoxy groups -OCH3 is 2. The van der Waals surface area contributed by atoms with Gasteiger partial charge in [-0.05, 0) is 41.6 Å². The van der Waals surface area contributed by atoms with Crippen LogP contribution in [0.25, 0.3) is 0 Å². The van der Waals surface area contributed by atoms with Crippen molar-refractivity contribution >= 4 is 11.3 Å². The van der Waals surface area contributed by atoms with Gasteiger partial charge in [0, 0.05) is 37.1 Å². The van der Waals surface area contributed by atoms with Crippen molar-refractivity contribution in [2.45, 2.75) is 19.5 Å². The summed E-state index contributed by atoms with van der Waals surface area (Å²) in [6.07, 6.45) is 0. The predicted octanol–water partition coefficient (Wildman–Crippen LogP) is 3.24. The average molecular weight is 377 g/mol. The largest absolute Gasteiger partial charge is 0.493 e. The molecule has 1 atom stereocenters. The molecule has 1 aliphatic rings. The maximum absolute atomic E-state index is 5.54. The van der Waals surface area contributed by atoms with Crippen LogP contribution < -0.4 is 14.8 Å². The van der Waals surface area contributed by atoms with Gasteiger partial charge in [-0.3, -0.25) is 4.90 Å². The molecule has 2 heterocycles. The van der Waals surface area contributed by atoms with Gasteiger partial charge in [0.05, 0.1) is 27.4 Å². The van der Waals surface area contributed by atoms with E-state index in [-0.39, 0.29) is 6.04 Å². The Balaban J connectivity index is 1.75. The first-order chi connectivity index (χ1) is 12.7. The summed E-state index contributed by atoms with van der Waals surface area (Å²) in [4.78, 5) is 3.89. The fourth-order valence-electron chi connectivity index (χ4n) is 3.31. The lowest BCUT2D eigenvalue weighted by molar-refractivity contribution is 0.0160. The molecule has 5 nitrogen and oxygen atoms in total. The third-order valence-electron chi connectivity index (χ3n) is 4.87. The van der Waals surface area contributed by atoms with Gasteiger partial charge in [-0.2, -0.15) is 0 Å². The normalized spacial score (nSPS) is 16.4. The van der Waals surface area contributed by atoms with E-state index in [1.54, 1.807) is 14.2 Å². The monoisotopic (exact) mass is 376 g/mol. The second kappa shape index (κ2) is 9.37. The fourth-order valence-corrected chi connectivity index (χ4v) is 4.19. The molecule has 6 heteroatoms. The Morgan fingerprint density at radius 2 is 1.92 bits per heavy atom. The second-order valence-corrected chi connectivity index (χ2v) is 7.44. The van der Waals surface area contributed by atoms with E-state index in [4.69, 9.17) is 14.2 Å². The molecule has 0 saturated carbocycles. The highest BCUT2D eigenvalue weighted by Crippen LogP contribution is 2.32. The molecule has 26 heavy (non-hydrogen) atoms. The van der Waals surface area contributed by atoms with Gasteiger partial charge < -0.3 is 19.5 Å². The lowest BCUT2D eigenvalue weighted by Crippen LogP contribution is -2.42. The molecule has 3 rings (SSSR count). The minimum atomic E-state index is 0.277. The van der Waals surface area contributed by atoms with E-state index in [2.05, 4.69) is 40.7 Å². The summed E-state index contributed by atoms with van der Waals surface area (Å²) in [7, 11) is 3.35. The molecule has 0 aliphatic carbocycles. The minimum absolute atomic E-state index is 0.277. The molecule has 0 spiro atoms. The number of hydrogen-bond acceptors (Lipinski definition) is 6. The van der Waals surface area contributed by atoms with Crippen molar-refractivity contribution < 1.29 is 14.2 Å². The molecular weight excluding hydrogens is 348 g/mol. The third kappa shape index (κ3) is 4.57. The van der Waals surface area contributed by atoms with Crippen molar-refractivity contribution in [1.82, 2.24) is 10.2 Å². The number of aryl methyl sites for hydroxylation is 1. The van der Waals surface area contributed by atoms with Crippen LogP contribution in [0.1, 0.15) is 22.0 Å². The molecule has 1 aromatic heterocycles. The van der Waals surface area contributed by atoms with Gasteiger partial charge in [-0.1, -0.05) is 6.07 Å². The van der Waals surface area contributed by atoms with E-state index in [0.29, 0.717) is 0 Å². The third-order valence-corrected chi connectivity index (χ3v) is 5.89. The van der Waals surface area contributed by atoms with Crippen LogP contribution in [0, 0.1) is 6.92 Å². The summed E-state index contributed by atoms with van der Waals surface area (Å²) in [5.74, 6) is 1.54. The highest BCUT2D eigenvalue weighted by Gasteiger charge is 2.23. The van der Waals surface area contributed by atoms with Gasteiger partial charge in [-0.15, -0.1) is 11.3 Å². The topological polar surface area (TPSA) is 43.0 Å². The highest BCUT2D eigenvalue weighted by atomic mass is 32.1. The zero-order valence-electron chi connectivity index (χ0n) is 15.8. The summed E-state index contributed by atoms with van der Waals surface area (Å²) >= 11 is 1.81. The molecular formula is C20H28N2O3S. The van der Waals surface area contributed by atoms with Crippen LogP contribution in [-0.2, 0) is 11.3 Å². The van der Waals surface area contributed by atoms with E-state index in [1.165, 1.54) is 16.0 Å². The summed E-state index contributed by atoms with van der Waals surface area (Å²) in [5, 5.41) is 5.80. The smallest absolute Gasteiger partial charge is 0.161 e. The van der Waals surface area contributed by atoms with Gasteiger partial charge in [0.15, 0.2) is 11.5 Å². The molecule has 0 amide bonds. The molecule has 0 radical (unpaired) electrons. The molecule has 2 aromatic rings. The molecule has 1 unspecified atom stereocenters. The van der Waals surface area contributed by atoms with E-state index < -0.39 is 0 Å². The number of nitrogens with zero attached hydrogens (tertiary/aromatic N) is 1. The van der Waals surface area contributed by atoms with E-state index in [0.717, 1.165) is 50.9 Å². The van der Waals surface area contributed by atoms with Crippen molar-refractivity contribution in [1.29, 1.82) is 0 Å². The average Bonchev–Trinajstić information content (AvgIpc) is 3.10. The molecule has 1 saturated heterocycles. The number of morpholine rings is 1. The zero-order chi connectivity index (χ0) is 18.4. The van der Waals surface area contributed by atoms with Gasteiger partial charge in [0.25, 0.3) is 0 Å². The molecule has 142 valence electrons. The quantitative estimate of drug-likeness (QED) is 0.766. The lowest BCUT2D eigenvalue weighted by atomic mass is 10.0. The molecule has 1 N–H and O–H groups in total. The second-order valence-electron chi connectivity index (χ2n) is 6.44. The number of thiophene rings is 1. The van der Waals surface area contributed by atoms with Gasteiger partial charge in [0.2, 0.25) is 0 Å². The van der Waals surface area contributed by atoms with Crippen LogP contribution in [0.2, 0.25) is 0 Å². The van der Waals surface area contributed by atoms with E-state index >= 15 is 0 Å². The van der Waals surface area contributed by atoms with E-state index in [9.17, 15) is 0 Å². The maximum atomic E-state index is 5.54. The number of rotatable bonds is 8.